The molecule has 10 heteroatoms. The molecule has 0 bridgehead atoms. The van der Waals surface area contributed by atoms with Crippen LogP contribution in [-0.4, -0.2) is 47.1 Å². The molecule has 0 radical (unpaired) electrons. The number of fused-ring (bicyclic) bond motifs is 2. The molecule has 2 aliphatic rings. The van der Waals surface area contributed by atoms with Gasteiger partial charge in [0.1, 0.15) is 0 Å². The van der Waals surface area contributed by atoms with Crippen molar-refractivity contribution >= 4 is 40.4 Å². The lowest BCUT2D eigenvalue weighted by Crippen LogP contribution is -2.38. The van der Waals surface area contributed by atoms with Crippen molar-refractivity contribution < 1.29 is 14.7 Å². The fraction of sp³-hybridized carbons (Fsp3) is 0.250. The summed E-state index contributed by atoms with van der Waals surface area (Å²) in [5, 5.41) is 16.5. The summed E-state index contributed by atoms with van der Waals surface area (Å²) < 4.78 is 1.43. The van der Waals surface area contributed by atoms with E-state index in [0.29, 0.717) is 65.3 Å². The van der Waals surface area contributed by atoms with Crippen LogP contribution in [0.25, 0.3) is 11.3 Å². The van der Waals surface area contributed by atoms with Crippen molar-refractivity contribution in [2.24, 2.45) is 7.05 Å². The van der Waals surface area contributed by atoms with Crippen LogP contribution in [0.3, 0.4) is 0 Å². The highest BCUT2D eigenvalue weighted by atomic mass is 16.3. The largest absolute Gasteiger partial charge is 0.392 e. The van der Waals surface area contributed by atoms with Gasteiger partial charge in [0.15, 0.2) is 5.82 Å². The molecule has 0 unspecified atom stereocenters. The van der Waals surface area contributed by atoms with Crippen LogP contribution in [0.4, 0.5) is 28.6 Å². The predicted octanol–water partition coefficient (Wildman–Crippen LogP) is 3.84. The summed E-state index contributed by atoms with van der Waals surface area (Å²) in [4.78, 5) is 46.9. The first kappa shape index (κ1) is 27.2. The van der Waals surface area contributed by atoms with E-state index >= 15 is 0 Å². The maximum absolute atomic E-state index is 13.6. The van der Waals surface area contributed by atoms with Gasteiger partial charge in [0.25, 0.3) is 11.5 Å². The number of aliphatic hydroxyl groups excluding tert-OH is 1. The second-order valence-corrected chi connectivity index (χ2v) is 10.8. The van der Waals surface area contributed by atoms with Gasteiger partial charge in [-0.1, -0.05) is 18.2 Å². The molecule has 1 aromatic heterocycles. The molecule has 4 aromatic rings. The van der Waals surface area contributed by atoms with Crippen molar-refractivity contribution in [3.8, 4) is 11.3 Å². The van der Waals surface area contributed by atoms with Crippen LogP contribution < -0.4 is 26.0 Å². The van der Waals surface area contributed by atoms with Gasteiger partial charge in [-0.15, -0.1) is 0 Å². The summed E-state index contributed by atoms with van der Waals surface area (Å²) in [6.45, 7) is 0.154. The number of rotatable bonds is 6. The summed E-state index contributed by atoms with van der Waals surface area (Å²) in [6.07, 6.45) is 3.42. The summed E-state index contributed by atoms with van der Waals surface area (Å²) in [7, 11) is 5.58. The van der Waals surface area contributed by atoms with Gasteiger partial charge in [0.05, 0.1) is 18.0 Å². The second-order valence-electron chi connectivity index (χ2n) is 10.8. The van der Waals surface area contributed by atoms with Gasteiger partial charge < -0.3 is 30.1 Å². The highest BCUT2D eigenvalue weighted by Crippen LogP contribution is 2.35. The monoisotopic (exact) mass is 564 g/mol. The molecule has 3 N–H and O–H groups in total. The third-order valence-electron chi connectivity index (χ3n) is 7.90. The van der Waals surface area contributed by atoms with Crippen LogP contribution in [0, 0.1) is 0 Å². The van der Waals surface area contributed by atoms with E-state index in [0.717, 1.165) is 16.8 Å². The molecule has 0 atom stereocenters. The lowest BCUT2D eigenvalue weighted by molar-refractivity contribution is -0.116. The van der Waals surface area contributed by atoms with Gasteiger partial charge in [-0.2, -0.15) is 0 Å². The van der Waals surface area contributed by atoms with Gasteiger partial charge in [-0.3, -0.25) is 14.4 Å². The van der Waals surface area contributed by atoms with Crippen molar-refractivity contribution in [3.05, 3.63) is 93.4 Å². The SMILES string of the molecule is CN(C)c1ccc2c(c1)CCN(c1cccc(-c3cn(C)c(=O)c(Nc4ccc5c(c4)NC(=O)CC5)n3)c1CO)C2=O. The number of aliphatic hydroxyl groups is 1. The van der Waals surface area contributed by atoms with E-state index in [4.69, 9.17) is 0 Å². The molecule has 0 spiro atoms. The third-order valence-corrected chi connectivity index (χ3v) is 7.90. The molecule has 0 saturated carbocycles. The second kappa shape index (κ2) is 10.8. The number of carbonyl (C=O) groups is 2. The average molecular weight is 565 g/mol. The molecular weight excluding hydrogens is 532 g/mol. The first-order valence-corrected chi connectivity index (χ1v) is 13.9. The molecule has 0 saturated heterocycles. The first-order chi connectivity index (χ1) is 20.2. The van der Waals surface area contributed by atoms with Gasteiger partial charge in [0.2, 0.25) is 5.91 Å². The van der Waals surface area contributed by atoms with Crippen molar-refractivity contribution in [3.63, 3.8) is 0 Å². The summed E-state index contributed by atoms with van der Waals surface area (Å²) >= 11 is 0. The van der Waals surface area contributed by atoms with Crippen LogP contribution in [0.15, 0.2) is 65.6 Å². The minimum absolute atomic E-state index is 0.0407. The Morgan fingerprint density at radius 2 is 1.81 bits per heavy atom. The molecule has 3 aromatic carbocycles. The smallest absolute Gasteiger partial charge is 0.293 e. The first-order valence-electron chi connectivity index (χ1n) is 13.9. The molecule has 214 valence electrons. The molecule has 10 nitrogen and oxygen atoms in total. The molecule has 0 aliphatic carbocycles. The van der Waals surface area contributed by atoms with Gasteiger partial charge in [-0.05, 0) is 60.4 Å². The Morgan fingerprint density at radius 3 is 2.60 bits per heavy atom. The van der Waals surface area contributed by atoms with Gasteiger partial charge >= 0.3 is 0 Å². The van der Waals surface area contributed by atoms with Crippen LogP contribution in [0.2, 0.25) is 0 Å². The predicted molar refractivity (Wildman–Crippen MR) is 164 cm³/mol. The Hall–Kier alpha value is -4.96. The lowest BCUT2D eigenvalue weighted by Gasteiger charge is -2.31. The van der Waals surface area contributed by atoms with Crippen LogP contribution in [0.5, 0.6) is 0 Å². The van der Waals surface area contributed by atoms with Gasteiger partial charge in [0, 0.05) is 74.1 Å². The van der Waals surface area contributed by atoms with E-state index < -0.39 is 0 Å². The minimum atomic E-state index is -0.331. The van der Waals surface area contributed by atoms with Crippen molar-refractivity contribution in [2.75, 3.05) is 41.1 Å². The maximum Gasteiger partial charge on any atom is 0.293 e. The Bertz CT molecular complexity index is 1790. The maximum atomic E-state index is 13.6. The quantitative estimate of drug-likeness (QED) is 0.326. The average Bonchev–Trinajstić information content (AvgIpc) is 2.98. The Labute approximate surface area is 243 Å². The standard InChI is InChI=1S/C32H32N6O4/c1-36(2)22-10-11-23-20(15-22)13-14-38(31(23)41)28-6-4-5-24(25(28)18-39)27-17-37(3)32(42)30(35-27)33-21-9-7-19-8-12-29(40)34-26(19)16-21/h4-7,9-11,15-17,39H,8,12-14,18H2,1-3H3,(H,33,35)(H,34,40). The van der Waals surface area contributed by atoms with Crippen molar-refractivity contribution in [1.82, 2.24) is 9.55 Å². The molecule has 3 heterocycles. The Balaban J connectivity index is 1.35. The van der Waals surface area contributed by atoms with Crippen LogP contribution in [0.1, 0.15) is 33.5 Å². The fourth-order valence-electron chi connectivity index (χ4n) is 5.62. The van der Waals surface area contributed by atoms with Crippen molar-refractivity contribution in [1.29, 1.82) is 0 Å². The van der Waals surface area contributed by atoms with E-state index in [-0.39, 0.29) is 29.8 Å². The highest BCUT2D eigenvalue weighted by Gasteiger charge is 2.28. The molecule has 2 amide bonds. The van der Waals surface area contributed by atoms with E-state index in [1.807, 2.05) is 67.5 Å². The number of benzene rings is 3. The van der Waals surface area contributed by atoms with E-state index in [1.165, 1.54) is 4.57 Å². The number of carbonyl (C=O) groups excluding carboxylic acids is 2. The number of hydrogen-bond donors (Lipinski definition) is 3. The number of amides is 2. The Kier molecular flexibility index (Phi) is 6.99. The van der Waals surface area contributed by atoms with Crippen LogP contribution in [-0.2, 0) is 31.3 Å². The number of aryl methyl sites for hydroxylation is 2. The number of aromatic nitrogens is 2. The molecule has 2 aliphatic heterocycles. The van der Waals surface area contributed by atoms with Gasteiger partial charge in [-0.25, -0.2) is 4.98 Å². The Morgan fingerprint density at radius 1 is 0.976 bits per heavy atom. The number of nitrogens with one attached hydrogen (secondary N) is 2. The number of hydrogen-bond acceptors (Lipinski definition) is 7. The normalized spacial score (nSPS) is 14.2. The molecule has 0 fully saturated rings. The zero-order valence-corrected chi connectivity index (χ0v) is 23.8. The molecule has 6 rings (SSSR count). The van der Waals surface area contributed by atoms with E-state index in [2.05, 4.69) is 15.6 Å². The third kappa shape index (κ3) is 4.90. The zero-order chi connectivity index (χ0) is 29.5. The van der Waals surface area contributed by atoms with E-state index in [1.54, 1.807) is 24.2 Å². The fourth-order valence-corrected chi connectivity index (χ4v) is 5.62. The lowest BCUT2D eigenvalue weighted by atomic mass is 9.95. The van der Waals surface area contributed by atoms with Crippen molar-refractivity contribution in [2.45, 2.75) is 25.9 Å². The minimum Gasteiger partial charge on any atom is -0.392 e. The number of anilines is 5. The summed E-state index contributed by atoms with van der Waals surface area (Å²) in [5.74, 6) is -0.0594. The zero-order valence-electron chi connectivity index (χ0n) is 23.8. The molecular formula is C32H32N6O4. The summed E-state index contributed by atoms with van der Waals surface area (Å²) in [6, 6.07) is 16.9. The van der Waals surface area contributed by atoms with E-state index in [9.17, 15) is 19.5 Å². The topological polar surface area (TPSA) is 120 Å². The molecule has 42 heavy (non-hydrogen) atoms. The highest BCUT2D eigenvalue weighted by molar-refractivity contribution is 6.09. The summed E-state index contributed by atoms with van der Waals surface area (Å²) in [5.41, 5.74) is 6.97. The van der Waals surface area contributed by atoms with Crippen LogP contribution >= 0.6 is 0 Å². The number of nitrogens with zero attached hydrogens (tertiary/aromatic N) is 4.